The second-order valence-electron chi connectivity index (χ2n) is 15.5. The fourth-order valence-corrected chi connectivity index (χ4v) is 7.63. The summed E-state index contributed by atoms with van der Waals surface area (Å²) in [6.45, 7) is 9.96. The molecule has 5 N–H and O–H groups in total. The minimum Gasteiger partial charge on any atom is -0.459 e. The summed E-state index contributed by atoms with van der Waals surface area (Å²) in [7, 11) is 0. The molecule has 4 aliphatic rings. The molecule has 1 saturated heterocycles. The molecule has 1 aromatic rings. The molecule has 1 heterocycles. The van der Waals surface area contributed by atoms with Crippen LogP contribution in [0.5, 0.6) is 0 Å². The summed E-state index contributed by atoms with van der Waals surface area (Å²) in [6.07, 6.45) is 4.64. The van der Waals surface area contributed by atoms with Crippen molar-refractivity contribution in [1.29, 1.82) is 0 Å². The molecule has 5 amide bonds. The first-order chi connectivity index (χ1) is 22.1. The summed E-state index contributed by atoms with van der Waals surface area (Å²) in [5.74, 6) is -3.62. The average molecular weight is 652 g/mol. The summed E-state index contributed by atoms with van der Waals surface area (Å²) in [6, 6.07) is 5.72. The van der Waals surface area contributed by atoms with E-state index >= 15 is 0 Å². The molecule has 5 atom stereocenters. The summed E-state index contributed by atoms with van der Waals surface area (Å²) in [5.41, 5.74) is 3.93. The molecule has 12 heteroatoms. The van der Waals surface area contributed by atoms with Crippen LogP contribution in [-0.4, -0.2) is 70.6 Å². The van der Waals surface area contributed by atoms with Gasteiger partial charge in [0.15, 0.2) is 0 Å². The minimum atomic E-state index is -1.23. The topological polar surface area (TPSA) is 177 Å². The maximum Gasteiger partial charge on any atom is 0.332 e. The zero-order valence-corrected chi connectivity index (χ0v) is 28.1. The molecule has 1 aliphatic heterocycles. The van der Waals surface area contributed by atoms with Crippen molar-refractivity contribution in [3.05, 3.63) is 35.9 Å². The Morgan fingerprint density at radius 2 is 1.62 bits per heavy atom. The quantitative estimate of drug-likeness (QED) is 0.210. The highest BCUT2D eigenvalue weighted by Gasteiger charge is 2.70. The van der Waals surface area contributed by atoms with E-state index in [1.807, 2.05) is 65.0 Å². The van der Waals surface area contributed by atoms with Gasteiger partial charge in [-0.25, -0.2) is 9.59 Å². The number of benzene rings is 1. The van der Waals surface area contributed by atoms with E-state index in [2.05, 4.69) is 16.0 Å². The average Bonchev–Trinajstić information content (AvgIpc) is 3.90. The molecule has 256 valence electrons. The van der Waals surface area contributed by atoms with Crippen LogP contribution in [0.15, 0.2) is 30.3 Å². The number of hydrogen-bond acceptors (Lipinski definition) is 7. The van der Waals surface area contributed by atoms with Gasteiger partial charge >= 0.3 is 12.0 Å². The van der Waals surface area contributed by atoms with E-state index in [-0.39, 0.29) is 29.8 Å². The number of carbonyl (C=O) groups is 6. The Hall–Kier alpha value is -3.96. The van der Waals surface area contributed by atoms with E-state index in [1.165, 1.54) is 4.90 Å². The summed E-state index contributed by atoms with van der Waals surface area (Å²) in [5, 5.41) is 8.51. The van der Waals surface area contributed by atoms with Gasteiger partial charge in [0.1, 0.15) is 30.3 Å². The van der Waals surface area contributed by atoms with Gasteiger partial charge < -0.3 is 31.3 Å². The molecule has 1 aromatic carbocycles. The van der Waals surface area contributed by atoms with Gasteiger partial charge in [0.25, 0.3) is 5.91 Å². The number of amides is 5. The monoisotopic (exact) mass is 651 g/mol. The number of rotatable bonds is 11. The molecular weight excluding hydrogens is 602 g/mol. The Labute approximate surface area is 276 Å². The lowest BCUT2D eigenvalue weighted by molar-refractivity contribution is -0.154. The number of nitrogens with one attached hydrogen (secondary N) is 3. The van der Waals surface area contributed by atoms with E-state index in [1.54, 1.807) is 0 Å². The van der Waals surface area contributed by atoms with E-state index in [0.717, 1.165) is 24.8 Å². The third kappa shape index (κ3) is 7.16. The van der Waals surface area contributed by atoms with Crippen molar-refractivity contribution in [2.75, 3.05) is 6.54 Å². The number of carbonyl (C=O) groups excluding carboxylic acids is 6. The van der Waals surface area contributed by atoms with Crippen LogP contribution in [0.3, 0.4) is 0 Å². The second kappa shape index (κ2) is 12.9. The van der Waals surface area contributed by atoms with Gasteiger partial charge in [-0.3, -0.25) is 19.2 Å². The van der Waals surface area contributed by atoms with Crippen molar-refractivity contribution >= 4 is 35.5 Å². The Morgan fingerprint density at radius 3 is 2.19 bits per heavy atom. The number of piperidine rings is 1. The van der Waals surface area contributed by atoms with Gasteiger partial charge in [-0.2, -0.15) is 0 Å². The Morgan fingerprint density at radius 1 is 0.979 bits per heavy atom. The standard InChI is InChI=1S/C35H49N5O7/c1-33(2,3)27(38-32(46)39-35(16-10-7-11-17-35)31(45)47-19-20-12-8-6-9-13-20)30(44)40-18-22-23(34(22,4)5)25(40)29(43)37-24(21-14-15-21)26(41)28(36)42/h6,8-9,12-13,21-25,27H,7,10-11,14-19H2,1-5H3,(H2,36,42)(H,37,43)(H2,38,39,46)/t22-,23-,24?,25-,27+/m0/s1. The van der Waals surface area contributed by atoms with Crippen LogP contribution in [0.1, 0.15) is 85.1 Å². The molecule has 47 heavy (non-hydrogen) atoms. The Kier molecular flexibility index (Phi) is 9.45. The summed E-state index contributed by atoms with van der Waals surface area (Å²) < 4.78 is 5.68. The van der Waals surface area contributed by atoms with E-state index in [4.69, 9.17) is 10.5 Å². The molecule has 12 nitrogen and oxygen atoms in total. The lowest BCUT2D eigenvalue weighted by atomic mass is 9.81. The molecule has 3 saturated carbocycles. The molecule has 0 aromatic heterocycles. The first-order valence-corrected chi connectivity index (χ1v) is 16.8. The number of nitrogens with zero attached hydrogens (tertiary/aromatic N) is 1. The predicted octanol–water partition coefficient (Wildman–Crippen LogP) is 2.58. The van der Waals surface area contributed by atoms with E-state index in [0.29, 0.717) is 32.2 Å². The molecule has 0 radical (unpaired) electrons. The van der Waals surface area contributed by atoms with Crippen molar-refractivity contribution in [2.45, 2.75) is 110 Å². The zero-order valence-electron chi connectivity index (χ0n) is 28.1. The van der Waals surface area contributed by atoms with Gasteiger partial charge in [0, 0.05) is 6.54 Å². The molecule has 1 unspecified atom stereocenters. The highest BCUT2D eigenvalue weighted by molar-refractivity contribution is 6.38. The first kappa shape index (κ1) is 34.4. The number of primary amides is 1. The molecule has 0 spiro atoms. The third-order valence-electron chi connectivity index (χ3n) is 10.7. The van der Waals surface area contributed by atoms with Gasteiger partial charge in [-0.1, -0.05) is 84.2 Å². The fraction of sp³-hybridized carbons (Fsp3) is 0.657. The minimum absolute atomic E-state index is 0.0627. The van der Waals surface area contributed by atoms with Crippen molar-refractivity contribution in [2.24, 2.45) is 34.3 Å². The highest BCUT2D eigenvalue weighted by atomic mass is 16.5. The second-order valence-corrected chi connectivity index (χ2v) is 15.5. The molecule has 0 bridgehead atoms. The number of likely N-dealkylation sites (tertiary alicyclic amines) is 1. The number of ether oxygens (including phenoxy) is 1. The van der Waals surface area contributed by atoms with Gasteiger partial charge in [0.2, 0.25) is 17.6 Å². The number of ketones is 1. The number of nitrogens with two attached hydrogens (primary N) is 1. The van der Waals surface area contributed by atoms with Crippen LogP contribution < -0.4 is 21.7 Å². The molecule has 5 rings (SSSR count). The van der Waals surface area contributed by atoms with Crippen molar-refractivity contribution in [1.82, 2.24) is 20.9 Å². The van der Waals surface area contributed by atoms with Crippen LogP contribution in [0.2, 0.25) is 0 Å². The number of fused-ring (bicyclic) bond motifs is 1. The van der Waals surface area contributed by atoms with Gasteiger partial charge in [0.05, 0.1) is 0 Å². The maximum absolute atomic E-state index is 14.3. The first-order valence-electron chi connectivity index (χ1n) is 16.8. The van der Waals surface area contributed by atoms with Crippen LogP contribution in [0.4, 0.5) is 4.79 Å². The SMILES string of the molecule is CC(C)(C)[C@H](NC(=O)NC1(C(=O)OCc2ccccc2)CCCCC1)C(=O)N1C[C@H]2[C@@H]([C@H]1C(=O)NC(C(=O)C(N)=O)C1CC1)C2(C)C. The fourth-order valence-electron chi connectivity index (χ4n) is 7.63. The van der Waals surface area contributed by atoms with Gasteiger partial charge in [-0.05, 0) is 59.8 Å². The normalized spacial score (nSPS) is 25.4. The Bertz CT molecular complexity index is 1410. The zero-order chi connectivity index (χ0) is 34.3. The summed E-state index contributed by atoms with van der Waals surface area (Å²) in [4.78, 5) is 81.1. The molecule has 4 fully saturated rings. The third-order valence-corrected chi connectivity index (χ3v) is 10.7. The van der Waals surface area contributed by atoms with E-state index < -0.39 is 64.6 Å². The number of Topliss-reactive ketones (excluding diaryl/α,β-unsaturated/α-hetero) is 1. The lowest BCUT2D eigenvalue weighted by Gasteiger charge is -2.39. The number of hydrogen-bond donors (Lipinski definition) is 4. The Balaban J connectivity index is 1.32. The van der Waals surface area contributed by atoms with Gasteiger partial charge in [-0.15, -0.1) is 0 Å². The van der Waals surface area contributed by atoms with Crippen LogP contribution in [0.25, 0.3) is 0 Å². The van der Waals surface area contributed by atoms with Crippen LogP contribution in [0, 0.1) is 28.6 Å². The predicted molar refractivity (Wildman–Crippen MR) is 172 cm³/mol. The highest BCUT2D eigenvalue weighted by Crippen LogP contribution is 2.65. The lowest BCUT2D eigenvalue weighted by Crippen LogP contribution is -2.64. The largest absolute Gasteiger partial charge is 0.459 e. The van der Waals surface area contributed by atoms with Crippen molar-refractivity contribution in [3.63, 3.8) is 0 Å². The van der Waals surface area contributed by atoms with E-state index in [9.17, 15) is 28.8 Å². The van der Waals surface area contributed by atoms with Crippen LogP contribution >= 0.6 is 0 Å². The smallest absolute Gasteiger partial charge is 0.332 e. The van der Waals surface area contributed by atoms with Crippen LogP contribution in [-0.2, 0) is 35.3 Å². The number of urea groups is 1. The molecule has 3 aliphatic carbocycles. The number of esters is 1. The van der Waals surface area contributed by atoms with Crippen molar-refractivity contribution < 1.29 is 33.5 Å². The molecular formula is C35H49N5O7. The van der Waals surface area contributed by atoms with Crippen molar-refractivity contribution in [3.8, 4) is 0 Å². The maximum atomic E-state index is 14.3. The summed E-state index contributed by atoms with van der Waals surface area (Å²) >= 11 is 0.